The van der Waals surface area contributed by atoms with Crippen molar-refractivity contribution in [2.24, 2.45) is 0 Å². The van der Waals surface area contributed by atoms with Gasteiger partial charge in [-0.05, 0) is 27.7 Å². The van der Waals surface area contributed by atoms with Crippen LogP contribution in [0.4, 0.5) is 5.82 Å². The van der Waals surface area contributed by atoms with Crippen molar-refractivity contribution < 1.29 is 0 Å². The lowest BCUT2D eigenvalue weighted by molar-refractivity contribution is 0.383. The Bertz CT molecular complexity index is 477. The SMILES string of the molecule is C#CCC(C)Nc1nccn(C(C)(C)C)c1=O. The van der Waals surface area contributed by atoms with Gasteiger partial charge in [0.1, 0.15) is 0 Å². The topological polar surface area (TPSA) is 46.9 Å². The van der Waals surface area contributed by atoms with Crippen molar-refractivity contribution in [3.63, 3.8) is 0 Å². The highest BCUT2D eigenvalue weighted by Gasteiger charge is 2.17. The van der Waals surface area contributed by atoms with Crippen LogP contribution in [0.2, 0.25) is 0 Å². The molecule has 0 aliphatic rings. The Kier molecular flexibility index (Phi) is 3.95. The molecule has 0 aromatic carbocycles. The average Bonchev–Trinajstić information content (AvgIpc) is 2.19. The molecule has 17 heavy (non-hydrogen) atoms. The highest BCUT2D eigenvalue weighted by Crippen LogP contribution is 2.11. The summed E-state index contributed by atoms with van der Waals surface area (Å²) in [6.07, 6.45) is 9.10. The first-order valence-electron chi connectivity index (χ1n) is 5.64. The van der Waals surface area contributed by atoms with Crippen LogP contribution in [0, 0.1) is 12.3 Å². The molecule has 1 aromatic rings. The maximum Gasteiger partial charge on any atom is 0.293 e. The van der Waals surface area contributed by atoms with Crippen molar-refractivity contribution >= 4 is 5.82 Å². The number of terminal acetylenes is 1. The molecule has 0 spiro atoms. The van der Waals surface area contributed by atoms with Gasteiger partial charge < -0.3 is 9.88 Å². The Morgan fingerprint density at radius 1 is 1.59 bits per heavy atom. The quantitative estimate of drug-likeness (QED) is 0.810. The number of nitrogens with zero attached hydrogens (tertiary/aromatic N) is 2. The third-order valence-corrected chi connectivity index (χ3v) is 2.37. The van der Waals surface area contributed by atoms with Gasteiger partial charge in [-0.25, -0.2) is 4.98 Å². The van der Waals surface area contributed by atoms with E-state index in [4.69, 9.17) is 6.42 Å². The number of rotatable bonds is 3. The number of hydrogen-bond donors (Lipinski definition) is 1. The zero-order valence-electron chi connectivity index (χ0n) is 10.8. The van der Waals surface area contributed by atoms with Crippen LogP contribution in [0.25, 0.3) is 0 Å². The summed E-state index contributed by atoms with van der Waals surface area (Å²) >= 11 is 0. The highest BCUT2D eigenvalue weighted by molar-refractivity contribution is 5.32. The lowest BCUT2D eigenvalue weighted by Crippen LogP contribution is -2.36. The molecule has 1 N–H and O–H groups in total. The average molecular weight is 233 g/mol. The summed E-state index contributed by atoms with van der Waals surface area (Å²) in [5, 5.41) is 3.04. The van der Waals surface area contributed by atoms with Crippen LogP contribution < -0.4 is 10.9 Å². The lowest BCUT2D eigenvalue weighted by Gasteiger charge is -2.23. The molecule has 0 fully saturated rings. The van der Waals surface area contributed by atoms with Crippen LogP contribution in [-0.4, -0.2) is 15.6 Å². The van der Waals surface area contributed by atoms with Gasteiger partial charge >= 0.3 is 0 Å². The maximum atomic E-state index is 12.1. The van der Waals surface area contributed by atoms with Crippen LogP contribution >= 0.6 is 0 Å². The standard InChI is InChI=1S/C13H19N3O/c1-6-7-10(2)15-11-12(17)16(9-8-14-11)13(3,4)5/h1,8-10H,7H2,2-5H3,(H,14,15). The molecule has 0 saturated heterocycles. The smallest absolute Gasteiger partial charge is 0.293 e. The molecular weight excluding hydrogens is 214 g/mol. The van der Waals surface area contributed by atoms with Crippen LogP contribution in [0.15, 0.2) is 17.2 Å². The van der Waals surface area contributed by atoms with Crippen molar-refractivity contribution in [3.05, 3.63) is 22.7 Å². The van der Waals surface area contributed by atoms with Crippen molar-refractivity contribution in [2.75, 3.05) is 5.32 Å². The van der Waals surface area contributed by atoms with Gasteiger partial charge in [0.15, 0.2) is 5.82 Å². The molecule has 4 nitrogen and oxygen atoms in total. The summed E-state index contributed by atoms with van der Waals surface area (Å²) < 4.78 is 1.66. The molecule has 1 atom stereocenters. The Hall–Kier alpha value is -1.76. The lowest BCUT2D eigenvalue weighted by atomic mass is 10.1. The molecule has 1 unspecified atom stereocenters. The van der Waals surface area contributed by atoms with Crippen LogP contribution in [-0.2, 0) is 5.54 Å². The largest absolute Gasteiger partial charge is 0.362 e. The summed E-state index contributed by atoms with van der Waals surface area (Å²) in [5.41, 5.74) is -0.380. The molecule has 4 heteroatoms. The first-order valence-corrected chi connectivity index (χ1v) is 5.64. The van der Waals surface area contributed by atoms with Gasteiger partial charge in [0.2, 0.25) is 0 Å². The van der Waals surface area contributed by atoms with Crippen molar-refractivity contribution in [3.8, 4) is 12.3 Å². The number of anilines is 1. The van der Waals surface area contributed by atoms with E-state index >= 15 is 0 Å². The summed E-state index contributed by atoms with van der Waals surface area (Å²) in [6, 6.07) is 0.0380. The Morgan fingerprint density at radius 2 is 2.24 bits per heavy atom. The highest BCUT2D eigenvalue weighted by atomic mass is 16.1. The van der Waals surface area contributed by atoms with Gasteiger partial charge in [0, 0.05) is 30.4 Å². The first kappa shape index (κ1) is 13.3. The minimum absolute atomic E-state index is 0.0380. The number of hydrogen-bond acceptors (Lipinski definition) is 3. The molecule has 0 bridgehead atoms. The third-order valence-electron chi connectivity index (χ3n) is 2.37. The van der Waals surface area contributed by atoms with E-state index < -0.39 is 0 Å². The zero-order valence-corrected chi connectivity index (χ0v) is 10.8. The monoisotopic (exact) mass is 233 g/mol. The molecule has 0 saturated carbocycles. The second kappa shape index (κ2) is 5.05. The summed E-state index contributed by atoms with van der Waals surface area (Å²) in [7, 11) is 0. The van der Waals surface area contributed by atoms with E-state index in [0.29, 0.717) is 12.2 Å². The van der Waals surface area contributed by atoms with E-state index in [-0.39, 0.29) is 17.1 Å². The molecule has 0 radical (unpaired) electrons. The van der Waals surface area contributed by atoms with E-state index in [1.807, 2.05) is 27.7 Å². The molecule has 0 aliphatic carbocycles. The van der Waals surface area contributed by atoms with Crippen molar-refractivity contribution in [2.45, 2.75) is 45.7 Å². The van der Waals surface area contributed by atoms with Gasteiger partial charge in [-0.3, -0.25) is 4.79 Å². The number of aromatic nitrogens is 2. The van der Waals surface area contributed by atoms with Crippen molar-refractivity contribution in [1.29, 1.82) is 0 Å². The van der Waals surface area contributed by atoms with Gasteiger partial charge in [-0.15, -0.1) is 12.3 Å². The van der Waals surface area contributed by atoms with Gasteiger partial charge in [-0.2, -0.15) is 0 Å². The van der Waals surface area contributed by atoms with E-state index in [0.717, 1.165) is 0 Å². The van der Waals surface area contributed by atoms with Crippen molar-refractivity contribution in [1.82, 2.24) is 9.55 Å². The van der Waals surface area contributed by atoms with E-state index in [1.165, 1.54) is 0 Å². The second-order valence-electron chi connectivity index (χ2n) is 5.08. The molecule has 92 valence electrons. The molecule has 1 heterocycles. The van der Waals surface area contributed by atoms with E-state index in [9.17, 15) is 4.79 Å². The first-order chi connectivity index (χ1) is 7.86. The second-order valence-corrected chi connectivity index (χ2v) is 5.08. The fourth-order valence-corrected chi connectivity index (χ4v) is 1.50. The molecule has 0 amide bonds. The predicted octanol–water partition coefficient (Wildman–Crippen LogP) is 1.82. The fraction of sp³-hybridized carbons (Fsp3) is 0.538. The zero-order chi connectivity index (χ0) is 13.1. The summed E-state index contributed by atoms with van der Waals surface area (Å²) in [5.74, 6) is 2.90. The van der Waals surface area contributed by atoms with Gasteiger partial charge in [-0.1, -0.05) is 0 Å². The number of nitrogens with one attached hydrogen (secondary N) is 1. The predicted molar refractivity (Wildman–Crippen MR) is 70.0 cm³/mol. The molecule has 1 rings (SSSR count). The van der Waals surface area contributed by atoms with Crippen LogP contribution in [0.5, 0.6) is 0 Å². The van der Waals surface area contributed by atoms with Crippen LogP contribution in [0.1, 0.15) is 34.1 Å². The van der Waals surface area contributed by atoms with Gasteiger partial charge in [0.05, 0.1) is 0 Å². The van der Waals surface area contributed by atoms with E-state index in [1.54, 1.807) is 17.0 Å². The normalized spacial score (nSPS) is 12.9. The fourth-order valence-electron chi connectivity index (χ4n) is 1.50. The summed E-state index contributed by atoms with van der Waals surface area (Å²) in [6.45, 7) is 7.85. The Balaban J connectivity index is 3.05. The molecule has 0 aliphatic heterocycles. The minimum atomic E-state index is -0.258. The Morgan fingerprint density at radius 3 is 2.76 bits per heavy atom. The third kappa shape index (κ3) is 3.35. The molecule has 1 aromatic heterocycles. The minimum Gasteiger partial charge on any atom is -0.362 e. The molecular formula is C13H19N3O. The van der Waals surface area contributed by atoms with Crippen LogP contribution in [0.3, 0.4) is 0 Å². The maximum absolute atomic E-state index is 12.1. The van der Waals surface area contributed by atoms with E-state index in [2.05, 4.69) is 16.2 Å². The summed E-state index contributed by atoms with van der Waals surface area (Å²) in [4.78, 5) is 16.2. The Labute approximate surface area is 102 Å². The van der Waals surface area contributed by atoms with Gasteiger partial charge in [0.25, 0.3) is 5.56 Å².